The Morgan fingerprint density at radius 3 is 2.54 bits per heavy atom. The molecule has 2 heterocycles. The molecule has 0 spiro atoms. The monoisotopic (exact) mass is 531 g/mol. The van der Waals surface area contributed by atoms with Crippen molar-refractivity contribution in [1.29, 1.82) is 0 Å². The van der Waals surface area contributed by atoms with Gasteiger partial charge in [0.15, 0.2) is 4.80 Å². The Morgan fingerprint density at radius 2 is 1.81 bits per heavy atom. The number of hydrogen-bond donors (Lipinski definition) is 0. The van der Waals surface area contributed by atoms with Gasteiger partial charge in [0.2, 0.25) is 0 Å². The van der Waals surface area contributed by atoms with Gasteiger partial charge in [-0.2, -0.15) is 4.99 Å². The number of hydrogen-bond acceptors (Lipinski definition) is 6. The fraction of sp³-hybridized carbons (Fsp3) is 0.148. The summed E-state index contributed by atoms with van der Waals surface area (Å²) in [6, 6.07) is 18.2. The summed E-state index contributed by atoms with van der Waals surface area (Å²) >= 11 is 1.22. The fourth-order valence-electron chi connectivity index (χ4n) is 4.25. The van der Waals surface area contributed by atoms with E-state index in [1.807, 2.05) is 18.2 Å². The van der Waals surface area contributed by atoms with Gasteiger partial charge in [0.25, 0.3) is 15.9 Å². The summed E-state index contributed by atoms with van der Waals surface area (Å²) in [5, 5.41) is 0. The van der Waals surface area contributed by atoms with Gasteiger partial charge >= 0.3 is 5.97 Å². The molecule has 186 valence electrons. The van der Waals surface area contributed by atoms with Gasteiger partial charge in [-0.3, -0.25) is 9.10 Å². The summed E-state index contributed by atoms with van der Waals surface area (Å²) in [6.45, 7) is 0.550. The summed E-state index contributed by atoms with van der Waals surface area (Å²) in [5.74, 6) is 1.55. The first-order chi connectivity index (χ1) is 17.8. The van der Waals surface area contributed by atoms with Crippen molar-refractivity contribution in [3.8, 4) is 12.3 Å². The molecular formula is C27H21N3O5S2. The van der Waals surface area contributed by atoms with Crippen molar-refractivity contribution in [2.75, 3.05) is 18.0 Å². The number of rotatable bonds is 5. The lowest BCUT2D eigenvalue weighted by Gasteiger charge is -2.19. The SMILES string of the molecule is C#CCn1c(=NC(=O)c2ccc(S(=O)(=O)N3CCc4ccccc43)cc2)sc2cc(C(=O)OC)ccc21. The fourth-order valence-corrected chi connectivity index (χ4v) is 6.82. The number of esters is 1. The first kappa shape index (κ1) is 24.5. The quantitative estimate of drug-likeness (QED) is 0.290. The van der Waals surface area contributed by atoms with Gasteiger partial charge in [-0.25, -0.2) is 13.2 Å². The largest absolute Gasteiger partial charge is 0.465 e. The molecule has 8 nitrogen and oxygen atoms in total. The van der Waals surface area contributed by atoms with Crippen molar-refractivity contribution in [3.63, 3.8) is 0 Å². The van der Waals surface area contributed by atoms with Gasteiger partial charge in [-0.1, -0.05) is 35.5 Å². The van der Waals surface area contributed by atoms with Gasteiger partial charge in [0.1, 0.15) is 0 Å². The summed E-state index contributed by atoms with van der Waals surface area (Å²) in [4.78, 5) is 29.6. The molecule has 4 aromatic rings. The van der Waals surface area contributed by atoms with Gasteiger partial charge in [0.05, 0.1) is 40.0 Å². The van der Waals surface area contributed by atoms with Gasteiger partial charge in [0, 0.05) is 12.1 Å². The van der Waals surface area contributed by atoms with Crippen LogP contribution in [0.15, 0.2) is 76.6 Å². The average Bonchev–Trinajstić information content (AvgIpc) is 3.50. The lowest BCUT2D eigenvalue weighted by atomic mass is 10.2. The highest BCUT2D eigenvalue weighted by Gasteiger charge is 2.30. The highest BCUT2D eigenvalue weighted by molar-refractivity contribution is 7.92. The molecule has 1 aliphatic rings. The maximum absolute atomic E-state index is 13.2. The van der Waals surface area contributed by atoms with E-state index in [2.05, 4.69) is 10.9 Å². The molecule has 0 atom stereocenters. The Bertz CT molecular complexity index is 1760. The number of para-hydroxylation sites is 1. The molecule has 0 fully saturated rings. The Kier molecular flexibility index (Phi) is 6.41. The summed E-state index contributed by atoms with van der Waals surface area (Å²) in [6.07, 6.45) is 6.18. The minimum absolute atomic E-state index is 0.0975. The van der Waals surface area contributed by atoms with Gasteiger partial charge < -0.3 is 9.30 Å². The second kappa shape index (κ2) is 9.69. The number of terminal acetylenes is 1. The van der Waals surface area contributed by atoms with Crippen LogP contribution < -0.4 is 9.11 Å². The lowest BCUT2D eigenvalue weighted by molar-refractivity contribution is 0.0600. The van der Waals surface area contributed by atoms with Crippen LogP contribution in [0, 0.1) is 12.3 Å². The molecule has 37 heavy (non-hydrogen) atoms. The van der Waals surface area contributed by atoms with Crippen LogP contribution in [0.1, 0.15) is 26.3 Å². The van der Waals surface area contributed by atoms with Crippen molar-refractivity contribution in [3.05, 3.63) is 88.2 Å². The molecule has 10 heteroatoms. The zero-order valence-corrected chi connectivity index (χ0v) is 21.4. The van der Waals surface area contributed by atoms with Crippen LogP contribution in [0.5, 0.6) is 0 Å². The number of amides is 1. The smallest absolute Gasteiger partial charge is 0.337 e. The molecule has 0 saturated carbocycles. The minimum atomic E-state index is -3.77. The first-order valence-corrected chi connectivity index (χ1v) is 13.5. The Hall–Kier alpha value is -4.20. The second-order valence-electron chi connectivity index (χ2n) is 8.25. The molecule has 1 aliphatic heterocycles. The van der Waals surface area contributed by atoms with E-state index in [0.29, 0.717) is 29.0 Å². The van der Waals surface area contributed by atoms with E-state index in [-0.39, 0.29) is 17.0 Å². The highest BCUT2D eigenvalue weighted by Crippen LogP contribution is 2.32. The van der Waals surface area contributed by atoms with Crippen LogP contribution in [0.25, 0.3) is 10.2 Å². The number of anilines is 1. The van der Waals surface area contributed by atoms with Crippen LogP contribution in [0.4, 0.5) is 5.69 Å². The first-order valence-electron chi connectivity index (χ1n) is 11.3. The Morgan fingerprint density at radius 1 is 1.08 bits per heavy atom. The summed E-state index contributed by atoms with van der Waals surface area (Å²) in [7, 11) is -2.46. The third-order valence-electron chi connectivity index (χ3n) is 6.08. The maximum atomic E-state index is 13.2. The third kappa shape index (κ3) is 4.43. The Balaban J connectivity index is 1.47. The molecule has 0 radical (unpaired) electrons. The number of aromatic nitrogens is 1. The van der Waals surface area contributed by atoms with E-state index >= 15 is 0 Å². The molecule has 0 unspecified atom stereocenters. The molecule has 0 N–H and O–H groups in total. The number of nitrogens with zero attached hydrogens (tertiary/aromatic N) is 3. The number of benzene rings is 3. The average molecular weight is 532 g/mol. The zero-order chi connectivity index (χ0) is 26.2. The topological polar surface area (TPSA) is 98.0 Å². The van der Waals surface area contributed by atoms with Crippen LogP contribution in [-0.4, -0.2) is 38.5 Å². The molecule has 0 bridgehead atoms. The number of methoxy groups -OCH3 is 1. The van der Waals surface area contributed by atoms with Crippen LogP contribution in [-0.2, 0) is 27.7 Å². The van der Waals surface area contributed by atoms with Crippen LogP contribution in [0.2, 0.25) is 0 Å². The zero-order valence-electron chi connectivity index (χ0n) is 19.7. The third-order valence-corrected chi connectivity index (χ3v) is 8.95. The van der Waals surface area contributed by atoms with E-state index in [1.54, 1.807) is 28.8 Å². The second-order valence-corrected chi connectivity index (χ2v) is 11.1. The van der Waals surface area contributed by atoms with Crippen LogP contribution in [0.3, 0.4) is 0 Å². The standard InChI is InChI=1S/C27H21N3O5S2/c1-3-15-29-23-13-10-20(26(32)35-2)17-24(23)36-27(29)28-25(31)19-8-11-21(12-9-19)37(33,34)30-16-14-18-6-4-5-7-22(18)30/h1,4-13,17H,14-16H2,2H3. The highest BCUT2D eigenvalue weighted by atomic mass is 32.2. The van der Waals surface area contributed by atoms with Crippen molar-refractivity contribution in [2.24, 2.45) is 4.99 Å². The van der Waals surface area contributed by atoms with Gasteiger partial charge in [-0.15, -0.1) is 6.42 Å². The molecular weight excluding hydrogens is 510 g/mol. The molecule has 3 aromatic carbocycles. The Labute approximate surface area is 217 Å². The van der Waals surface area contributed by atoms with E-state index in [0.717, 1.165) is 15.8 Å². The normalized spacial score (nSPS) is 13.4. The number of fused-ring (bicyclic) bond motifs is 2. The predicted molar refractivity (Wildman–Crippen MR) is 141 cm³/mol. The van der Waals surface area contributed by atoms with E-state index in [1.165, 1.54) is 47.0 Å². The van der Waals surface area contributed by atoms with Crippen molar-refractivity contribution < 1.29 is 22.7 Å². The minimum Gasteiger partial charge on any atom is -0.465 e. The number of carbonyl (C=O) groups is 2. The molecule has 0 aliphatic carbocycles. The van der Waals surface area contributed by atoms with E-state index < -0.39 is 21.9 Å². The number of carbonyl (C=O) groups excluding carboxylic acids is 2. The van der Waals surface area contributed by atoms with Gasteiger partial charge in [-0.05, 0) is 60.5 Å². The summed E-state index contributed by atoms with van der Waals surface area (Å²) < 4.78 is 35.1. The van der Waals surface area contributed by atoms with Crippen molar-refractivity contribution in [2.45, 2.75) is 17.9 Å². The lowest BCUT2D eigenvalue weighted by Crippen LogP contribution is -2.29. The predicted octanol–water partition coefficient (Wildman–Crippen LogP) is 3.62. The number of thiazole rings is 1. The van der Waals surface area contributed by atoms with Crippen molar-refractivity contribution >= 4 is 49.1 Å². The van der Waals surface area contributed by atoms with E-state index in [4.69, 9.17) is 11.2 Å². The number of sulfonamides is 1. The number of ether oxygens (including phenoxy) is 1. The maximum Gasteiger partial charge on any atom is 0.337 e. The van der Waals surface area contributed by atoms with Crippen molar-refractivity contribution in [1.82, 2.24) is 4.57 Å². The van der Waals surface area contributed by atoms with E-state index in [9.17, 15) is 18.0 Å². The molecule has 0 saturated heterocycles. The summed E-state index contributed by atoms with van der Waals surface area (Å²) in [5.41, 5.74) is 3.00. The molecule has 5 rings (SSSR count). The molecule has 1 amide bonds. The molecule has 1 aromatic heterocycles. The van der Waals surface area contributed by atoms with Crippen LogP contribution >= 0.6 is 11.3 Å².